The Morgan fingerprint density at radius 2 is 2.23 bits per heavy atom. The summed E-state index contributed by atoms with van der Waals surface area (Å²) in [6.07, 6.45) is 0.921. The number of carboxylic acids is 1. The number of nitrogens with zero attached hydrogens (tertiary/aromatic N) is 1. The lowest BCUT2D eigenvalue weighted by atomic mass is 10.1. The Kier molecular flexibility index (Phi) is 5.45. The maximum Gasteiger partial charge on any atom is 0.305 e. The molecule has 120 valence electrons. The SMILES string of the molecule is Cc1ccc(OC(C)C(=O)N2CCCC2CC(=O)O)c(Br)c1. The number of carboxylic acid groups (broad SMARTS) is 1. The van der Waals surface area contributed by atoms with Crippen LogP contribution >= 0.6 is 15.9 Å². The van der Waals surface area contributed by atoms with Crippen LogP contribution in [-0.2, 0) is 9.59 Å². The fraction of sp³-hybridized carbons (Fsp3) is 0.500. The number of likely N-dealkylation sites (tertiary alicyclic amines) is 1. The molecule has 1 aliphatic heterocycles. The average molecular weight is 370 g/mol. The molecule has 0 bridgehead atoms. The largest absolute Gasteiger partial charge is 0.481 e. The molecule has 1 heterocycles. The van der Waals surface area contributed by atoms with Crippen LogP contribution in [0.15, 0.2) is 22.7 Å². The van der Waals surface area contributed by atoms with Crippen LogP contribution in [-0.4, -0.2) is 40.6 Å². The average Bonchev–Trinajstić information content (AvgIpc) is 2.88. The van der Waals surface area contributed by atoms with Crippen molar-refractivity contribution in [2.24, 2.45) is 0 Å². The van der Waals surface area contributed by atoms with Gasteiger partial charge in [-0.25, -0.2) is 0 Å². The lowest BCUT2D eigenvalue weighted by Gasteiger charge is -2.27. The minimum absolute atomic E-state index is 0.00726. The third kappa shape index (κ3) is 4.00. The number of hydrogen-bond acceptors (Lipinski definition) is 3. The van der Waals surface area contributed by atoms with Crippen molar-refractivity contribution >= 4 is 27.8 Å². The van der Waals surface area contributed by atoms with Gasteiger partial charge in [-0.3, -0.25) is 9.59 Å². The van der Waals surface area contributed by atoms with Gasteiger partial charge >= 0.3 is 5.97 Å². The third-order valence-electron chi connectivity index (χ3n) is 3.81. The van der Waals surface area contributed by atoms with Crippen molar-refractivity contribution in [3.63, 3.8) is 0 Å². The Labute approximate surface area is 138 Å². The van der Waals surface area contributed by atoms with Crippen LogP contribution in [0.4, 0.5) is 0 Å². The quantitative estimate of drug-likeness (QED) is 0.866. The van der Waals surface area contributed by atoms with Crippen molar-refractivity contribution in [2.45, 2.75) is 45.3 Å². The van der Waals surface area contributed by atoms with E-state index in [4.69, 9.17) is 9.84 Å². The van der Waals surface area contributed by atoms with Gasteiger partial charge in [-0.15, -0.1) is 0 Å². The number of amides is 1. The van der Waals surface area contributed by atoms with Gasteiger partial charge in [0.15, 0.2) is 6.10 Å². The number of aliphatic carboxylic acids is 1. The summed E-state index contributed by atoms with van der Waals surface area (Å²) in [5.74, 6) is -0.420. The maximum atomic E-state index is 12.5. The monoisotopic (exact) mass is 369 g/mol. The number of halogens is 1. The van der Waals surface area contributed by atoms with Gasteiger partial charge in [0.2, 0.25) is 0 Å². The van der Waals surface area contributed by atoms with Gasteiger partial charge in [0.05, 0.1) is 10.9 Å². The van der Waals surface area contributed by atoms with E-state index < -0.39 is 12.1 Å². The first-order valence-electron chi connectivity index (χ1n) is 7.33. The van der Waals surface area contributed by atoms with Gasteiger partial charge in [-0.1, -0.05) is 6.07 Å². The highest BCUT2D eigenvalue weighted by molar-refractivity contribution is 9.10. The minimum Gasteiger partial charge on any atom is -0.481 e. The second kappa shape index (κ2) is 7.13. The molecule has 0 aromatic heterocycles. The van der Waals surface area contributed by atoms with Crippen LogP contribution in [0.25, 0.3) is 0 Å². The molecule has 0 saturated carbocycles. The number of carbonyl (C=O) groups is 2. The van der Waals surface area contributed by atoms with E-state index in [1.807, 2.05) is 25.1 Å². The third-order valence-corrected chi connectivity index (χ3v) is 4.43. The first kappa shape index (κ1) is 16.8. The second-order valence-corrected chi connectivity index (χ2v) is 6.47. The molecule has 1 aromatic carbocycles. The van der Waals surface area contributed by atoms with Crippen LogP contribution in [0.3, 0.4) is 0 Å². The van der Waals surface area contributed by atoms with Crippen LogP contribution in [0.2, 0.25) is 0 Å². The molecular formula is C16H20BrNO4. The molecule has 2 unspecified atom stereocenters. The summed E-state index contributed by atoms with van der Waals surface area (Å²) >= 11 is 3.43. The zero-order chi connectivity index (χ0) is 16.3. The van der Waals surface area contributed by atoms with E-state index in [0.717, 1.165) is 22.9 Å². The van der Waals surface area contributed by atoms with Gasteiger partial charge in [0, 0.05) is 12.6 Å². The lowest BCUT2D eigenvalue weighted by molar-refractivity contribution is -0.142. The first-order chi connectivity index (χ1) is 10.4. The molecular weight excluding hydrogens is 350 g/mol. The smallest absolute Gasteiger partial charge is 0.305 e. The van der Waals surface area contributed by atoms with Gasteiger partial charge < -0.3 is 14.7 Å². The van der Waals surface area contributed by atoms with Crippen LogP contribution in [0.1, 0.15) is 31.7 Å². The molecule has 1 saturated heterocycles. The predicted octanol–water partition coefficient (Wildman–Crippen LogP) is 2.99. The molecule has 0 spiro atoms. The van der Waals surface area contributed by atoms with Crippen LogP contribution < -0.4 is 4.74 Å². The van der Waals surface area contributed by atoms with Crippen molar-refractivity contribution < 1.29 is 19.4 Å². The Morgan fingerprint density at radius 3 is 2.86 bits per heavy atom. The fourth-order valence-corrected chi connectivity index (χ4v) is 3.30. The highest BCUT2D eigenvalue weighted by Crippen LogP contribution is 2.28. The molecule has 22 heavy (non-hydrogen) atoms. The van der Waals surface area contributed by atoms with E-state index in [1.54, 1.807) is 11.8 Å². The maximum absolute atomic E-state index is 12.5. The summed E-state index contributed by atoms with van der Waals surface area (Å²) in [4.78, 5) is 25.0. The van der Waals surface area contributed by atoms with Gasteiger partial charge in [-0.2, -0.15) is 0 Å². The molecule has 0 aliphatic carbocycles. The summed E-state index contributed by atoms with van der Waals surface area (Å²) in [7, 11) is 0. The summed E-state index contributed by atoms with van der Waals surface area (Å²) < 4.78 is 6.54. The second-order valence-electron chi connectivity index (χ2n) is 5.62. The van der Waals surface area contributed by atoms with Crippen molar-refractivity contribution in [1.29, 1.82) is 0 Å². The van der Waals surface area contributed by atoms with Gasteiger partial charge in [0.1, 0.15) is 5.75 Å². The van der Waals surface area contributed by atoms with E-state index in [1.165, 1.54) is 0 Å². The molecule has 2 atom stereocenters. The Bertz CT molecular complexity index is 575. The molecule has 5 nitrogen and oxygen atoms in total. The summed E-state index contributed by atoms with van der Waals surface area (Å²) in [5.41, 5.74) is 1.10. The number of aryl methyl sites for hydroxylation is 1. The van der Waals surface area contributed by atoms with Crippen molar-refractivity contribution in [3.05, 3.63) is 28.2 Å². The molecule has 1 N–H and O–H groups in total. The predicted molar refractivity (Wildman–Crippen MR) is 86.0 cm³/mol. The summed E-state index contributed by atoms with van der Waals surface area (Å²) in [6, 6.07) is 5.44. The zero-order valence-corrected chi connectivity index (χ0v) is 14.3. The van der Waals surface area contributed by atoms with E-state index in [9.17, 15) is 9.59 Å². The molecule has 0 radical (unpaired) electrons. The number of carbonyl (C=O) groups excluding carboxylic acids is 1. The summed E-state index contributed by atoms with van der Waals surface area (Å²) in [5, 5.41) is 8.93. The topological polar surface area (TPSA) is 66.8 Å². The van der Waals surface area contributed by atoms with Crippen LogP contribution in [0.5, 0.6) is 5.75 Å². The molecule has 2 rings (SSSR count). The van der Waals surface area contributed by atoms with E-state index in [-0.39, 0.29) is 18.4 Å². The molecule has 1 fully saturated rings. The number of hydrogen-bond donors (Lipinski definition) is 1. The van der Waals surface area contributed by atoms with Gasteiger partial charge in [0.25, 0.3) is 5.91 Å². The minimum atomic E-state index is -0.875. The van der Waals surface area contributed by atoms with Crippen molar-refractivity contribution in [3.8, 4) is 5.75 Å². The molecule has 6 heteroatoms. The van der Waals surface area contributed by atoms with Crippen molar-refractivity contribution in [2.75, 3.05) is 6.54 Å². The normalized spacial score (nSPS) is 19.0. The molecule has 1 aromatic rings. The van der Waals surface area contributed by atoms with Crippen molar-refractivity contribution in [1.82, 2.24) is 4.90 Å². The Morgan fingerprint density at radius 1 is 1.50 bits per heavy atom. The lowest BCUT2D eigenvalue weighted by Crippen LogP contribution is -2.43. The number of ether oxygens (including phenoxy) is 1. The fourth-order valence-electron chi connectivity index (χ4n) is 2.72. The van der Waals surface area contributed by atoms with E-state index in [0.29, 0.717) is 12.3 Å². The number of rotatable bonds is 5. The molecule has 1 aliphatic rings. The van der Waals surface area contributed by atoms with Crippen LogP contribution in [0, 0.1) is 6.92 Å². The Hall–Kier alpha value is -1.56. The van der Waals surface area contributed by atoms with Gasteiger partial charge in [-0.05, 0) is 60.3 Å². The standard InChI is InChI=1S/C16H20BrNO4/c1-10-5-6-14(13(17)8-10)22-11(2)16(21)18-7-3-4-12(18)9-15(19)20/h5-6,8,11-12H,3-4,7,9H2,1-2H3,(H,19,20). The zero-order valence-electron chi connectivity index (χ0n) is 12.7. The first-order valence-corrected chi connectivity index (χ1v) is 8.13. The highest BCUT2D eigenvalue weighted by atomic mass is 79.9. The van der Waals surface area contributed by atoms with E-state index >= 15 is 0 Å². The number of benzene rings is 1. The summed E-state index contributed by atoms with van der Waals surface area (Å²) in [6.45, 7) is 4.27. The van der Waals surface area contributed by atoms with E-state index in [2.05, 4.69) is 15.9 Å². The molecule has 1 amide bonds. The highest BCUT2D eigenvalue weighted by Gasteiger charge is 2.33. The Balaban J connectivity index is 2.03.